The van der Waals surface area contributed by atoms with Crippen molar-refractivity contribution in [3.8, 4) is 28.1 Å². The summed E-state index contributed by atoms with van der Waals surface area (Å²) in [4.78, 5) is 16.4. The molecule has 0 fully saturated rings. The van der Waals surface area contributed by atoms with Crippen LogP contribution >= 0.6 is 11.3 Å². The van der Waals surface area contributed by atoms with Gasteiger partial charge in [0.2, 0.25) is 5.91 Å². The Labute approximate surface area is 190 Å². The third-order valence-electron chi connectivity index (χ3n) is 4.88. The maximum atomic E-state index is 12.8. The van der Waals surface area contributed by atoms with Crippen LogP contribution in [0.25, 0.3) is 22.4 Å². The Kier molecular flexibility index (Phi) is 6.08. The maximum Gasteiger partial charge on any atom is 0.407 e. The molecule has 3 heterocycles. The average molecular weight is 479 g/mol. The number of nitrogens with two attached hydrogens (primary N) is 1. The summed E-state index contributed by atoms with van der Waals surface area (Å²) in [5.41, 5.74) is 10.5. The zero-order chi connectivity index (χ0) is 23.8. The number of ether oxygens (including phenoxy) is 1. The van der Waals surface area contributed by atoms with Crippen LogP contribution in [-0.4, -0.2) is 57.9 Å². The zero-order valence-corrected chi connectivity index (χ0v) is 18.3. The SMILES string of the molecule is CNN(CC(F)(F)F)C(=N)c1nc2c(s1)CCOc1cc(-c3cnn(CC(N)=O)c3)ccc1-2. The number of amides is 1. The van der Waals surface area contributed by atoms with E-state index >= 15 is 0 Å². The van der Waals surface area contributed by atoms with E-state index in [1.807, 2.05) is 18.2 Å². The van der Waals surface area contributed by atoms with Gasteiger partial charge in [0.25, 0.3) is 0 Å². The molecule has 2 aromatic heterocycles. The van der Waals surface area contributed by atoms with Gasteiger partial charge in [0, 0.05) is 35.7 Å². The van der Waals surface area contributed by atoms with Crippen molar-refractivity contribution in [3.63, 3.8) is 0 Å². The third kappa shape index (κ3) is 4.98. The van der Waals surface area contributed by atoms with Gasteiger partial charge in [-0.1, -0.05) is 6.07 Å². The molecule has 0 saturated carbocycles. The van der Waals surface area contributed by atoms with Crippen LogP contribution in [0.15, 0.2) is 30.6 Å². The van der Waals surface area contributed by atoms with Crippen molar-refractivity contribution >= 4 is 23.1 Å². The molecule has 1 aromatic carbocycles. The van der Waals surface area contributed by atoms with Crippen molar-refractivity contribution in [1.29, 1.82) is 5.41 Å². The van der Waals surface area contributed by atoms with Crippen LogP contribution in [0, 0.1) is 5.41 Å². The number of nitrogens with one attached hydrogen (secondary N) is 2. The number of hydrogen-bond donors (Lipinski definition) is 3. The fourth-order valence-electron chi connectivity index (χ4n) is 3.43. The summed E-state index contributed by atoms with van der Waals surface area (Å²) in [6, 6.07) is 5.49. The predicted octanol–water partition coefficient (Wildman–Crippen LogP) is 2.42. The number of carbonyl (C=O) groups is 1. The van der Waals surface area contributed by atoms with Gasteiger partial charge in [0.15, 0.2) is 10.8 Å². The minimum Gasteiger partial charge on any atom is -0.492 e. The summed E-state index contributed by atoms with van der Waals surface area (Å²) in [5.74, 6) is -0.286. The molecule has 9 nitrogen and oxygen atoms in total. The number of hydrogen-bond acceptors (Lipinski definition) is 7. The molecule has 0 radical (unpaired) electrons. The van der Waals surface area contributed by atoms with E-state index in [0.717, 1.165) is 16.0 Å². The number of alkyl halides is 3. The Morgan fingerprint density at radius 2 is 2.18 bits per heavy atom. The lowest BCUT2D eigenvalue weighted by Gasteiger charge is -2.23. The molecule has 3 aromatic rings. The fraction of sp³-hybridized carbons (Fsp3) is 0.300. The lowest BCUT2D eigenvalue weighted by Crippen LogP contribution is -2.46. The molecule has 4 N–H and O–H groups in total. The van der Waals surface area contributed by atoms with Gasteiger partial charge in [-0.05, 0) is 17.7 Å². The number of amidine groups is 1. The summed E-state index contributed by atoms with van der Waals surface area (Å²) in [6.07, 6.45) is -0.642. The number of rotatable bonds is 6. The number of hydrazine groups is 1. The van der Waals surface area contributed by atoms with Crippen LogP contribution in [0.2, 0.25) is 0 Å². The summed E-state index contributed by atoms with van der Waals surface area (Å²) < 4.78 is 45.9. The van der Waals surface area contributed by atoms with E-state index in [1.54, 1.807) is 12.4 Å². The highest BCUT2D eigenvalue weighted by molar-refractivity contribution is 7.14. The topological polar surface area (TPSA) is 122 Å². The molecule has 1 aliphatic rings. The van der Waals surface area contributed by atoms with Gasteiger partial charge in [-0.25, -0.2) is 10.4 Å². The Hall–Kier alpha value is -3.45. The van der Waals surface area contributed by atoms with E-state index in [0.29, 0.717) is 35.0 Å². The lowest BCUT2D eigenvalue weighted by atomic mass is 10.0. The van der Waals surface area contributed by atoms with Crippen molar-refractivity contribution in [1.82, 2.24) is 25.2 Å². The molecule has 33 heavy (non-hydrogen) atoms. The molecule has 1 aliphatic heterocycles. The van der Waals surface area contributed by atoms with Gasteiger partial charge in [-0.2, -0.15) is 18.3 Å². The summed E-state index contributed by atoms with van der Waals surface area (Å²) in [6.45, 7) is -0.979. The molecule has 0 aliphatic carbocycles. The van der Waals surface area contributed by atoms with Gasteiger partial charge >= 0.3 is 6.18 Å². The molecule has 0 saturated heterocycles. The second-order valence-electron chi connectivity index (χ2n) is 7.27. The third-order valence-corrected chi connectivity index (χ3v) is 6.01. The summed E-state index contributed by atoms with van der Waals surface area (Å²) in [7, 11) is 1.33. The van der Waals surface area contributed by atoms with Crippen LogP contribution < -0.4 is 15.9 Å². The fourth-order valence-corrected chi connectivity index (χ4v) is 4.44. The predicted molar refractivity (Wildman–Crippen MR) is 116 cm³/mol. The largest absolute Gasteiger partial charge is 0.492 e. The molecular formula is C20H20F3N7O2S. The van der Waals surface area contributed by atoms with Crippen molar-refractivity contribution in [2.24, 2.45) is 5.73 Å². The van der Waals surface area contributed by atoms with Gasteiger partial charge in [0.1, 0.15) is 18.8 Å². The molecule has 0 spiro atoms. The van der Waals surface area contributed by atoms with Crippen molar-refractivity contribution < 1.29 is 22.7 Å². The van der Waals surface area contributed by atoms with Gasteiger partial charge < -0.3 is 10.5 Å². The first-order valence-corrected chi connectivity index (χ1v) is 10.6. The Morgan fingerprint density at radius 1 is 1.39 bits per heavy atom. The first kappa shape index (κ1) is 22.7. The highest BCUT2D eigenvalue weighted by Crippen LogP contribution is 2.40. The Bertz CT molecular complexity index is 1200. The smallest absolute Gasteiger partial charge is 0.407 e. The number of thiazole rings is 1. The van der Waals surface area contributed by atoms with E-state index in [1.165, 1.54) is 23.1 Å². The van der Waals surface area contributed by atoms with Gasteiger partial charge in [-0.3, -0.25) is 19.9 Å². The van der Waals surface area contributed by atoms with Crippen LogP contribution in [0.1, 0.15) is 9.88 Å². The van der Waals surface area contributed by atoms with Crippen molar-refractivity contribution in [3.05, 3.63) is 40.5 Å². The van der Waals surface area contributed by atoms with E-state index < -0.39 is 18.6 Å². The molecule has 0 bridgehead atoms. The molecule has 13 heteroatoms. The standard InChI is InChI=1S/C20H20F3N7O2S/c1-26-30(10-20(21,22)23)18(25)19-28-17-13-3-2-11(6-14(13)32-5-4-15(17)33-19)12-7-27-29(8-12)9-16(24)31/h2-3,6-8,25-26H,4-5,9-10H2,1H3,(H2,24,31). The van der Waals surface area contributed by atoms with Crippen LogP contribution in [-0.2, 0) is 17.8 Å². The summed E-state index contributed by atoms with van der Waals surface area (Å²) >= 11 is 1.18. The van der Waals surface area contributed by atoms with Crippen LogP contribution in [0.5, 0.6) is 5.75 Å². The Balaban J connectivity index is 1.64. The number of carbonyl (C=O) groups excluding carboxylic acids is 1. The molecule has 0 atom stereocenters. The number of fused-ring (bicyclic) bond motifs is 3. The van der Waals surface area contributed by atoms with E-state index in [-0.39, 0.29) is 17.4 Å². The lowest BCUT2D eigenvalue weighted by molar-refractivity contribution is -0.141. The van der Waals surface area contributed by atoms with Gasteiger partial charge in [-0.15, -0.1) is 11.3 Å². The average Bonchev–Trinajstić information content (AvgIpc) is 3.34. The highest BCUT2D eigenvalue weighted by Gasteiger charge is 2.33. The van der Waals surface area contributed by atoms with Crippen molar-refractivity contribution in [2.45, 2.75) is 19.1 Å². The zero-order valence-electron chi connectivity index (χ0n) is 17.4. The quantitative estimate of drug-likeness (QED) is 0.284. The minimum absolute atomic E-state index is 0.0314. The maximum absolute atomic E-state index is 12.8. The number of halogens is 3. The van der Waals surface area contributed by atoms with Crippen LogP contribution in [0.3, 0.4) is 0 Å². The van der Waals surface area contributed by atoms with Crippen LogP contribution in [0.4, 0.5) is 13.2 Å². The minimum atomic E-state index is -4.47. The monoisotopic (exact) mass is 479 g/mol. The van der Waals surface area contributed by atoms with E-state index in [2.05, 4.69) is 15.5 Å². The Morgan fingerprint density at radius 3 is 2.88 bits per heavy atom. The second-order valence-corrected chi connectivity index (χ2v) is 8.35. The van der Waals surface area contributed by atoms with E-state index in [4.69, 9.17) is 15.9 Å². The first-order chi connectivity index (χ1) is 15.6. The first-order valence-electron chi connectivity index (χ1n) is 9.83. The number of benzene rings is 1. The van der Waals surface area contributed by atoms with E-state index in [9.17, 15) is 18.0 Å². The number of aromatic nitrogens is 3. The number of primary amides is 1. The normalized spacial score (nSPS) is 13.0. The highest BCUT2D eigenvalue weighted by atomic mass is 32.1. The van der Waals surface area contributed by atoms with Gasteiger partial charge in [0.05, 0.1) is 18.5 Å². The molecule has 0 unspecified atom stereocenters. The molecule has 1 amide bonds. The second kappa shape index (κ2) is 8.83. The number of nitrogens with zero attached hydrogens (tertiary/aromatic N) is 4. The molecule has 4 rings (SSSR count). The summed E-state index contributed by atoms with van der Waals surface area (Å²) in [5, 5.41) is 13.2. The molecule has 174 valence electrons. The molecular weight excluding hydrogens is 459 g/mol. The van der Waals surface area contributed by atoms with Crippen molar-refractivity contribution in [2.75, 3.05) is 20.2 Å².